The summed E-state index contributed by atoms with van der Waals surface area (Å²) in [5.74, 6) is 0. The van der Waals surface area contributed by atoms with E-state index < -0.39 is 0 Å². The molecule has 1 aromatic rings. The second-order valence-corrected chi connectivity index (χ2v) is 3.52. The molecule has 0 atom stereocenters. The molecule has 0 spiro atoms. The van der Waals surface area contributed by atoms with E-state index in [-0.39, 0.29) is 0 Å². The summed E-state index contributed by atoms with van der Waals surface area (Å²) in [5.41, 5.74) is 2.53. The first kappa shape index (κ1) is 11.5. The van der Waals surface area contributed by atoms with E-state index in [1.54, 1.807) is 18.6 Å². The van der Waals surface area contributed by atoms with Gasteiger partial charge < -0.3 is 4.42 Å². The monoisotopic (exact) mass is 204 g/mol. The molecule has 1 heterocycles. The summed E-state index contributed by atoms with van der Waals surface area (Å²) in [6.45, 7) is 2.07. The van der Waals surface area contributed by atoms with Crippen LogP contribution in [0.2, 0.25) is 0 Å². The van der Waals surface area contributed by atoms with Gasteiger partial charge in [0.25, 0.3) is 0 Å². The van der Waals surface area contributed by atoms with Gasteiger partial charge in [-0.3, -0.25) is 4.79 Å². The van der Waals surface area contributed by atoms with E-state index in [1.165, 1.54) is 17.2 Å². The van der Waals surface area contributed by atoms with Crippen molar-refractivity contribution in [2.45, 2.75) is 26.2 Å². The van der Waals surface area contributed by atoms with Gasteiger partial charge in [0.05, 0.1) is 12.5 Å². The van der Waals surface area contributed by atoms with Crippen molar-refractivity contribution in [2.75, 3.05) is 0 Å². The Bertz CT molecular complexity index is 331. The van der Waals surface area contributed by atoms with E-state index in [0.29, 0.717) is 0 Å². The van der Waals surface area contributed by atoms with Crippen molar-refractivity contribution in [1.82, 2.24) is 0 Å². The van der Waals surface area contributed by atoms with Crippen LogP contribution in [0.1, 0.15) is 25.3 Å². The molecule has 0 aliphatic heterocycles. The quantitative estimate of drug-likeness (QED) is 0.404. The minimum Gasteiger partial charge on any atom is -0.472 e. The predicted octanol–water partition coefficient (Wildman–Crippen LogP) is 3.30. The Morgan fingerprint density at radius 2 is 2.33 bits per heavy atom. The van der Waals surface area contributed by atoms with E-state index in [2.05, 4.69) is 6.92 Å². The summed E-state index contributed by atoms with van der Waals surface area (Å²) in [7, 11) is 0. The SMILES string of the molecule is C/C(=C\C=C\C=O)CCCc1ccoc1. The number of hydrogen-bond acceptors (Lipinski definition) is 2. The van der Waals surface area contributed by atoms with Crippen LogP contribution in [0.4, 0.5) is 0 Å². The fourth-order valence-corrected chi connectivity index (χ4v) is 1.35. The Hall–Kier alpha value is -1.57. The minimum atomic E-state index is 0.787. The molecular formula is C13H16O2. The van der Waals surface area contributed by atoms with Crippen LogP contribution in [0.15, 0.2) is 46.8 Å². The zero-order chi connectivity index (χ0) is 10.9. The first-order valence-electron chi connectivity index (χ1n) is 5.11. The van der Waals surface area contributed by atoms with Crippen LogP contribution < -0.4 is 0 Å². The number of allylic oxidation sites excluding steroid dienone is 4. The second-order valence-electron chi connectivity index (χ2n) is 3.52. The number of rotatable bonds is 6. The molecule has 2 nitrogen and oxygen atoms in total. The molecule has 0 radical (unpaired) electrons. The Morgan fingerprint density at radius 3 is 3.00 bits per heavy atom. The molecule has 0 saturated heterocycles. The lowest BCUT2D eigenvalue weighted by Gasteiger charge is -1.98. The number of furan rings is 1. The third-order valence-corrected chi connectivity index (χ3v) is 2.19. The van der Waals surface area contributed by atoms with Gasteiger partial charge in [0.2, 0.25) is 0 Å². The van der Waals surface area contributed by atoms with E-state index in [1.807, 2.05) is 12.1 Å². The van der Waals surface area contributed by atoms with E-state index >= 15 is 0 Å². The van der Waals surface area contributed by atoms with Crippen molar-refractivity contribution < 1.29 is 9.21 Å². The fourth-order valence-electron chi connectivity index (χ4n) is 1.35. The highest BCUT2D eigenvalue weighted by atomic mass is 16.3. The van der Waals surface area contributed by atoms with Gasteiger partial charge in [0, 0.05) is 0 Å². The van der Waals surface area contributed by atoms with Crippen molar-refractivity contribution >= 4 is 6.29 Å². The molecule has 0 saturated carbocycles. The highest BCUT2D eigenvalue weighted by Crippen LogP contribution is 2.10. The highest BCUT2D eigenvalue weighted by molar-refractivity contribution is 5.65. The lowest BCUT2D eigenvalue weighted by molar-refractivity contribution is -0.104. The standard InChI is InChI=1S/C13H16O2/c1-12(5-2-3-9-14)6-4-7-13-8-10-15-11-13/h2-3,5,8-11H,4,6-7H2,1H3/b3-2+,12-5+. The second kappa shape index (κ2) is 6.82. The Kier molecular flexibility index (Phi) is 5.23. The molecule has 1 rings (SSSR count). The average Bonchev–Trinajstić information content (AvgIpc) is 2.71. The summed E-state index contributed by atoms with van der Waals surface area (Å²) in [6, 6.07) is 1.99. The number of aryl methyl sites for hydroxylation is 1. The Balaban J connectivity index is 2.22. The van der Waals surface area contributed by atoms with Gasteiger partial charge in [-0.05, 0) is 43.9 Å². The van der Waals surface area contributed by atoms with Crippen molar-refractivity contribution in [1.29, 1.82) is 0 Å². The van der Waals surface area contributed by atoms with Crippen LogP contribution in [0.3, 0.4) is 0 Å². The molecular weight excluding hydrogens is 188 g/mol. The topological polar surface area (TPSA) is 30.2 Å². The zero-order valence-corrected chi connectivity index (χ0v) is 8.98. The van der Waals surface area contributed by atoms with Gasteiger partial charge in [0.1, 0.15) is 6.29 Å². The van der Waals surface area contributed by atoms with E-state index in [4.69, 9.17) is 4.42 Å². The third-order valence-electron chi connectivity index (χ3n) is 2.19. The molecule has 15 heavy (non-hydrogen) atoms. The lowest BCUT2D eigenvalue weighted by Crippen LogP contribution is -1.83. The van der Waals surface area contributed by atoms with Gasteiger partial charge in [-0.2, -0.15) is 0 Å². The van der Waals surface area contributed by atoms with Gasteiger partial charge in [-0.15, -0.1) is 0 Å². The number of aldehydes is 1. The average molecular weight is 204 g/mol. The molecule has 0 fully saturated rings. The van der Waals surface area contributed by atoms with Crippen LogP contribution in [-0.2, 0) is 11.2 Å². The fraction of sp³-hybridized carbons (Fsp3) is 0.308. The Morgan fingerprint density at radius 1 is 1.47 bits per heavy atom. The van der Waals surface area contributed by atoms with Crippen LogP contribution in [0, 0.1) is 0 Å². The molecule has 0 unspecified atom stereocenters. The molecule has 0 N–H and O–H groups in total. The predicted molar refractivity (Wildman–Crippen MR) is 60.6 cm³/mol. The molecule has 80 valence electrons. The summed E-state index contributed by atoms with van der Waals surface area (Å²) >= 11 is 0. The Labute approximate surface area is 90.3 Å². The van der Waals surface area contributed by atoms with Crippen LogP contribution in [0.25, 0.3) is 0 Å². The minimum absolute atomic E-state index is 0.787. The van der Waals surface area contributed by atoms with Crippen molar-refractivity contribution in [3.05, 3.63) is 48.0 Å². The first-order chi connectivity index (χ1) is 7.33. The number of hydrogen-bond donors (Lipinski definition) is 0. The first-order valence-corrected chi connectivity index (χ1v) is 5.11. The van der Waals surface area contributed by atoms with Crippen LogP contribution >= 0.6 is 0 Å². The van der Waals surface area contributed by atoms with Gasteiger partial charge >= 0.3 is 0 Å². The van der Waals surface area contributed by atoms with E-state index in [9.17, 15) is 4.79 Å². The summed E-state index contributed by atoms with van der Waals surface area (Å²) in [6.07, 6.45) is 12.7. The lowest BCUT2D eigenvalue weighted by atomic mass is 10.1. The van der Waals surface area contributed by atoms with Gasteiger partial charge in [-0.25, -0.2) is 0 Å². The normalized spacial score (nSPS) is 12.2. The summed E-state index contributed by atoms with van der Waals surface area (Å²) in [5, 5.41) is 0. The molecule has 0 bridgehead atoms. The van der Waals surface area contributed by atoms with Crippen molar-refractivity contribution in [2.24, 2.45) is 0 Å². The summed E-state index contributed by atoms with van der Waals surface area (Å²) < 4.78 is 4.99. The van der Waals surface area contributed by atoms with Gasteiger partial charge in [-0.1, -0.05) is 17.7 Å². The maximum atomic E-state index is 10.0. The summed E-state index contributed by atoms with van der Waals surface area (Å²) in [4.78, 5) is 10.0. The molecule has 0 aliphatic carbocycles. The zero-order valence-electron chi connectivity index (χ0n) is 8.98. The van der Waals surface area contributed by atoms with E-state index in [0.717, 1.165) is 25.5 Å². The molecule has 2 heteroatoms. The maximum Gasteiger partial charge on any atom is 0.142 e. The van der Waals surface area contributed by atoms with Crippen LogP contribution in [0.5, 0.6) is 0 Å². The molecule has 0 aromatic carbocycles. The van der Waals surface area contributed by atoms with Crippen molar-refractivity contribution in [3.8, 4) is 0 Å². The van der Waals surface area contributed by atoms with Crippen LogP contribution in [-0.4, -0.2) is 6.29 Å². The molecule has 1 aromatic heterocycles. The number of carbonyl (C=O) groups is 1. The molecule has 0 aliphatic rings. The smallest absolute Gasteiger partial charge is 0.142 e. The van der Waals surface area contributed by atoms with Gasteiger partial charge in [0.15, 0.2) is 0 Å². The highest BCUT2D eigenvalue weighted by Gasteiger charge is 1.94. The maximum absolute atomic E-state index is 10.0. The molecule has 0 amide bonds. The largest absolute Gasteiger partial charge is 0.472 e. The number of carbonyl (C=O) groups excluding carboxylic acids is 1. The van der Waals surface area contributed by atoms with Crippen molar-refractivity contribution in [3.63, 3.8) is 0 Å². The third kappa shape index (κ3) is 5.01.